The molecule has 2 N–H and O–H groups in total. The molecule has 0 saturated heterocycles. The van der Waals surface area contributed by atoms with Crippen molar-refractivity contribution >= 4 is 28.4 Å². The highest BCUT2D eigenvalue weighted by Crippen LogP contribution is 2.37. The van der Waals surface area contributed by atoms with Crippen LogP contribution in [0.4, 0.5) is 0 Å². The van der Waals surface area contributed by atoms with E-state index in [2.05, 4.69) is 17.4 Å². The van der Waals surface area contributed by atoms with E-state index in [-0.39, 0.29) is 5.57 Å². The molecule has 1 atom stereocenters. The van der Waals surface area contributed by atoms with Crippen LogP contribution in [-0.4, -0.2) is 37.2 Å². The van der Waals surface area contributed by atoms with E-state index >= 15 is 0 Å². The number of ether oxygens (including phenoxy) is 2. The zero-order valence-corrected chi connectivity index (χ0v) is 15.8. The van der Waals surface area contributed by atoms with E-state index in [0.717, 1.165) is 30.2 Å². The molecule has 0 spiro atoms. The first-order valence-electron chi connectivity index (χ1n) is 9.05. The minimum Gasteiger partial charge on any atom is -0.496 e. The number of aromatic nitrogens is 1. The number of H-pyrrole nitrogens is 1. The van der Waals surface area contributed by atoms with Crippen molar-refractivity contribution in [2.45, 2.75) is 38.7 Å². The van der Waals surface area contributed by atoms with Crippen molar-refractivity contribution in [3.63, 3.8) is 0 Å². The smallest absolute Gasteiger partial charge is 0.344 e. The summed E-state index contributed by atoms with van der Waals surface area (Å²) >= 11 is 0. The third kappa shape index (κ3) is 3.68. The van der Waals surface area contributed by atoms with E-state index in [1.807, 2.05) is 24.3 Å². The number of nitrogens with one attached hydrogen (secondary N) is 2. The second-order valence-electron chi connectivity index (χ2n) is 6.42. The fraction of sp³-hybridized carbons (Fsp3) is 0.400. The first-order valence-corrected chi connectivity index (χ1v) is 9.05. The molecule has 1 aliphatic rings. The third-order valence-electron chi connectivity index (χ3n) is 4.67. The van der Waals surface area contributed by atoms with Crippen LogP contribution in [0.2, 0.25) is 0 Å². The molecule has 7 heteroatoms. The maximum absolute atomic E-state index is 12.4. The Morgan fingerprint density at radius 2 is 2.11 bits per heavy atom. The van der Waals surface area contributed by atoms with Crippen LogP contribution in [0.1, 0.15) is 38.3 Å². The van der Waals surface area contributed by atoms with Gasteiger partial charge in [-0.3, -0.25) is 9.63 Å². The summed E-state index contributed by atoms with van der Waals surface area (Å²) < 4.78 is 10.9. The summed E-state index contributed by atoms with van der Waals surface area (Å²) in [6, 6.07) is 7.55. The Morgan fingerprint density at radius 1 is 1.30 bits per heavy atom. The van der Waals surface area contributed by atoms with Crippen molar-refractivity contribution in [2.75, 3.05) is 14.2 Å². The summed E-state index contributed by atoms with van der Waals surface area (Å²) in [5.41, 5.74) is 4.29. The van der Waals surface area contributed by atoms with Gasteiger partial charge in [-0.2, -0.15) is 0 Å². The van der Waals surface area contributed by atoms with Gasteiger partial charge in [0.05, 0.1) is 14.2 Å². The molecule has 3 rings (SSSR count). The summed E-state index contributed by atoms with van der Waals surface area (Å²) in [6.07, 6.45) is 3.17. The second kappa shape index (κ2) is 8.26. The molecule has 0 fully saturated rings. The number of cyclic esters (lactones) is 1. The molecular weight excluding hydrogens is 348 g/mol. The van der Waals surface area contributed by atoms with Crippen LogP contribution >= 0.6 is 0 Å². The van der Waals surface area contributed by atoms with E-state index in [0.29, 0.717) is 23.4 Å². The van der Waals surface area contributed by atoms with Gasteiger partial charge in [-0.05, 0) is 31.0 Å². The maximum atomic E-state index is 12.4. The number of esters is 1. The van der Waals surface area contributed by atoms with Crippen LogP contribution in [-0.2, 0) is 19.2 Å². The van der Waals surface area contributed by atoms with E-state index in [1.165, 1.54) is 7.11 Å². The highest BCUT2D eigenvalue weighted by Gasteiger charge is 2.39. The lowest BCUT2D eigenvalue weighted by Gasteiger charge is -2.13. The van der Waals surface area contributed by atoms with Gasteiger partial charge in [-0.1, -0.05) is 25.8 Å². The summed E-state index contributed by atoms with van der Waals surface area (Å²) in [7, 11) is 2.93. The normalized spacial score (nSPS) is 16.7. The van der Waals surface area contributed by atoms with Crippen LogP contribution in [0.5, 0.6) is 5.75 Å². The number of rotatable bonds is 8. The highest BCUT2D eigenvalue weighted by molar-refractivity contribution is 6.24. The maximum Gasteiger partial charge on any atom is 0.344 e. The average Bonchev–Trinajstić information content (AvgIpc) is 3.22. The van der Waals surface area contributed by atoms with Gasteiger partial charge in [0, 0.05) is 22.2 Å². The van der Waals surface area contributed by atoms with Crippen LogP contribution in [0.3, 0.4) is 0 Å². The van der Waals surface area contributed by atoms with Crippen molar-refractivity contribution in [2.24, 2.45) is 0 Å². The van der Waals surface area contributed by atoms with Crippen molar-refractivity contribution in [3.05, 3.63) is 35.5 Å². The molecule has 1 amide bonds. The van der Waals surface area contributed by atoms with Crippen molar-refractivity contribution in [1.29, 1.82) is 0 Å². The minimum atomic E-state index is -0.633. The van der Waals surface area contributed by atoms with Gasteiger partial charge in [-0.15, -0.1) is 0 Å². The molecule has 144 valence electrons. The standard InChI is InChI=1S/C20H24N2O5/c1-4-5-6-9-16-17(18(20(24)27-16)19(23)22-26-3)14-11-12-13(21-14)8-7-10-15(12)25-2/h7-8,10-11,16,21H,4-6,9H2,1-3H3,(H,22,23). The molecular formula is C20H24N2O5. The van der Waals surface area contributed by atoms with E-state index in [1.54, 1.807) is 7.11 Å². The number of methoxy groups -OCH3 is 1. The zero-order chi connectivity index (χ0) is 19.4. The first kappa shape index (κ1) is 19.0. The number of unbranched alkanes of at least 4 members (excludes halogenated alkanes) is 2. The van der Waals surface area contributed by atoms with Gasteiger partial charge >= 0.3 is 5.97 Å². The molecule has 1 aromatic heterocycles. The largest absolute Gasteiger partial charge is 0.496 e. The van der Waals surface area contributed by atoms with Crippen LogP contribution in [0.15, 0.2) is 29.8 Å². The molecule has 1 aromatic carbocycles. The quantitative estimate of drug-likeness (QED) is 0.322. The summed E-state index contributed by atoms with van der Waals surface area (Å²) in [5.74, 6) is -0.529. The van der Waals surface area contributed by atoms with E-state index in [4.69, 9.17) is 14.3 Å². The average molecular weight is 372 g/mol. The SMILES string of the molecule is CCCCCC1OC(=O)C(C(=O)NOC)=C1c1cc2c(OC)cccc2[nH]1. The van der Waals surface area contributed by atoms with Crippen LogP contribution in [0, 0.1) is 0 Å². The Morgan fingerprint density at radius 3 is 2.81 bits per heavy atom. The second-order valence-corrected chi connectivity index (χ2v) is 6.42. The topological polar surface area (TPSA) is 89.7 Å². The lowest BCUT2D eigenvalue weighted by Crippen LogP contribution is -2.26. The van der Waals surface area contributed by atoms with Gasteiger partial charge in [-0.25, -0.2) is 10.3 Å². The number of hydrogen-bond donors (Lipinski definition) is 2. The predicted octanol–water partition coefficient (Wildman–Crippen LogP) is 3.11. The number of fused-ring (bicyclic) bond motifs is 1. The molecule has 0 saturated carbocycles. The van der Waals surface area contributed by atoms with Gasteiger partial charge in [0.1, 0.15) is 17.4 Å². The highest BCUT2D eigenvalue weighted by atomic mass is 16.6. The van der Waals surface area contributed by atoms with Gasteiger partial charge < -0.3 is 14.5 Å². The molecule has 1 unspecified atom stereocenters. The molecule has 27 heavy (non-hydrogen) atoms. The van der Waals surface area contributed by atoms with Gasteiger partial charge in [0.2, 0.25) is 0 Å². The Balaban J connectivity index is 2.09. The lowest BCUT2D eigenvalue weighted by atomic mass is 9.97. The van der Waals surface area contributed by atoms with Crippen LogP contribution < -0.4 is 10.2 Å². The molecule has 0 aliphatic carbocycles. The van der Waals surface area contributed by atoms with Crippen molar-refractivity contribution in [3.8, 4) is 5.75 Å². The molecule has 1 aliphatic heterocycles. The number of aromatic amines is 1. The number of amides is 1. The molecule has 7 nitrogen and oxygen atoms in total. The Kier molecular flexibility index (Phi) is 5.81. The van der Waals surface area contributed by atoms with Crippen molar-refractivity contribution in [1.82, 2.24) is 10.5 Å². The Labute approximate surface area is 157 Å². The van der Waals surface area contributed by atoms with Crippen molar-refractivity contribution < 1.29 is 23.9 Å². The third-order valence-corrected chi connectivity index (χ3v) is 4.67. The summed E-state index contributed by atoms with van der Waals surface area (Å²) in [5, 5.41) is 0.876. The van der Waals surface area contributed by atoms with E-state index < -0.39 is 18.0 Å². The number of benzene rings is 1. The van der Waals surface area contributed by atoms with Crippen LogP contribution in [0.25, 0.3) is 16.5 Å². The molecule has 0 radical (unpaired) electrons. The minimum absolute atomic E-state index is 0.0242. The molecule has 0 bridgehead atoms. The Hall–Kier alpha value is -2.80. The predicted molar refractivity (Wildman–Crippen MR) is 101 cm³/mol. The zero-order valence-electron chi connectivity index (χ0n) is 15.8. The summed E-state index contributed by atoms with van der Waals surface area (Å²) in [4.78, 5) is 32.8. The molecule has 2 heterocycles. The number of hydrogen-bond acceptors (Lipinski definition) is 5. The fourth-order valence-corrected chi connectivity index (χ4v) is 3.42. The van der Waals surface area contributed by atoms with Gasteiger partial charge in [0.25, 0.3) is 5.91 Å². The van der Waals surface area contributed by atoms with E-state index in [9.17, 15) is 9.59 Å². The fourth-order valence-electron chi connectivity index (χ4n) is 3.42. The summed E-state index contributed by atoms with van der Waals surface area (Å²) in [6.45, 7) is 2.11. The number of hydroxylamine groups is 1. The number of carbonyl (C=O) groups excluding carboxylic acids is 2. The molecule has 2 aromatic rings. The lowest BCUT2D eigenvalue weighted by molar-refractivity contribution is -0.142. The monoisotopic (exact) mass is 372 g/mol. The van der Waals surface area contributed by atoms with Gasteiger partial charge in [0.15, 0.2) is 0 Å². The number of carbonyl (C=O) groups is 2. The Bertz CT molecular complexity index is 884. The first-order chi connectivity index (χ1) is 13.1.